The molecule has 0 amide bonds. The molecule has 0 radical (unpaired) electrons. The monoisotopic (exact) mass is 409 g/mol. The highest BCUT2D eigenvalue weighted by molar-refractivity contribution is 7.98. The van der Waals surface area contributed by atoms with Crippen molar-refractivity contribution in [2.45, 2.75) is 43.6 Å². The van der Waals surface area contributed by atoms with Crippen LogP contribution >= 0.6 is 23.1 Å². The van der Waals surface area contributed by atoms with E-state index in [4.69, 9.17) is 4.42 Å². The van der Waals surface area contributed by atoms with Crippen LogP contribution in [-0.2, 0) is 5.75 Å². The van der Waals surface area contributed by atoms with Gasteiger partial charge in [-0.3, -0.25) is 4.57 Å². The SMILES string of the molecule is Cc1ccc2c(CSc3nnc(-c4cccs4)n3C3CC3)cc(=O)oc2c1C. The summed E-state index contributed by atoms with van der Waals surface area (Å²) >= 11 is 3.32. The van der Waals surface area contributed by atoms with E-state index in [2.05, 4.69) is 32.3 Å². The Hall–Kier alpha value is -2.38. The van der Waals surface area contributed by atoms with Gasteiger partial charge in [-0.05, 0) is 54.8 Å². The topological polar surface area (TPSA) is 60.9 Å². The molecule has 28 heavy (non-hydrogen) atoms. The predicted molar refractivity (Wildman–Crippen MR) is 113 cm³/mol. The molecule has 3 aromatic heterocycles. The number of aryl methyl sites for hydroxylation is 2. The summed E-state index contributed by atoms with van der Waals surface area (Å²) in [4.78, 5) is 13.3. The van der Waals surface area contributed by atoms with Crippen LogP contribution in [0.4, 0.5) is 0 Å². The van der Waals surface area contributed by atoms with Gasteiger partial charge in [-0.2, -0.15) is 0 Å². The number of hydrogen-bond acceptors (Lipinski definition) is 6. The molecule has 0 unspecified atom stereocenters. The number of benzene rings is 1. The van der Waals surface area contributed by atoms with Gasteiger partial charge in [0.25, 0.3) is 0 Å². The zero-order chi connectivity index (χ0) is 19.3. The molecule has 0 atom stereocenters. The van der Waals surface area contributed by atoms with Crippen molar-refractivity contribution in [3.8, 4) is 10.7 Å². The van der Waals surface area contributed by atoms with Crippen LogP contribution in [0.1, 0.15) is 35.6 Å². The quantitative estimate of drug-likeness (QED) is 0.328. The molecular formula is C21H19N3O2S2. The molecule has 142 valence electrons. The van der Waals surface area contributed by atoms with E-state index in [1.165, 1.54) is 12.8 Å². The molecular weight excluding hydrogens is 390 g/mol. The third kappa shape index (κ3) is 3.08. The number of thiophene rings is 1. The second-order valence-corrected chi connectivity index (χ2v) is 9.04. The lowest BCUT2D eigenvalue weighted by Crippen LogP contribution is -2.02. The molecule has 4 aromatic rings. The van der Waals surface area contributed by atoms with E-state index in [1.807, 2.05) is 26.0 Å². The standard InChI is InChI=1S/C21H19N3O2S2/c1-12-5-8-16-14(10-18(25)26-19(16)13(12)2)11-28-21-23-22-20(17-4-3-9-27-17)24(21)15-6-7-15/h3-5,8-10,15H,6-7,11H2,1-2H3. The van der Waals surface area contributed by atoms with Crippen LogP contribution in [0.3, 0.4) is 0 Å². The lowest BCUT2D eigenvalue weighted by molar-refractivity contribution is 0.557. The highest BCUT2D eigenvalue weighted by Gasteiger charge is 2.30. The van der Waals surface area contributed by atoms with Crippen LogP contribution in [0, 0.1) is 13.8 Å². The molecule has 1 saturated carbocycles. The number of hydrogen-bond donors (Lipinski definition) is 0. The molecule has 5 rings (SSSR count). The Morgan fingerprint density at radius 1 is 1.25 bits per heavy atom. The maximum atomic E-state index is 12.1. The van der Waals surface area contributed by atoms with Crippen molar-refractivity contribution in [3.05, 3.63) is 62.8 Å². The highest BCUT2D eigenvalue weighted by Crippen LogP contribution is 2.42. The van der Waals surface area contributed by atoms with Crippen molar-refractivity contribution in [2.24, 2.45) is 0 Å². The van der Waals surface area contributed by atoms with Crippen molar-refractivity contribution in [1.82, 2.24) is 14.8 Å². The average molecular weight is 410 g/mol. The van der Waals surface area contributed by atoms with Crippen LogP contribution in [0.15, 0.2) is 50.1 Å². The number of fused-ring (bicyclic) bond motifs is 1. The Balaban J connectivity index is 1.51. The van der Waals surface area contributed by atoms with Crippen molar-refractivity contribution >= 4 is 34.1 Å². The molecule has 0 spiro atoms. The lowest BCUT2D eigenvalue weighted by atomic mass is 10.0. The van der Waals surface area contributed by atoms with E-state index in [-0.39, 0.29) is 5.63 Å². The van der Waals surface area contributed by atoms with Crippen molar-refractivity contribution < 1.29 is 4.42 Å². The summed E-state index contributed by atoms with van der Waals surface area (Å²) in [6, 6.07) is 10.3. The van der Waals surface area contributed by atoms with Gasteiger partial charge in [-0.1, -0.05) is 30.0 Å². The van der Waals surface area contributed by atoms with Crippen molar-refractivity contribution in [3.63, 3.8) is 0 Å². The Kier molecular flexibility index (Phi) is 4.36. The number of nitrogens with zero attached hydrogens (tertiary/aromatic N) is 3. The second kappa shape index (κ2) is 6.90. The van der Waals surface area contributed by atoms with Gasteiger partial charge in [0.1, 0.15) is 5.58 Å². The van der Waals surface area contributed by atoms with Gasteiger partial charge in [0.15, 0.2) is 11.0 Å². The van der Waals surface area contributed by atoms with Gasteiger partial charge in [0, 0.05) is 23.2 Å². The summed E-state index contributed by atoms with van der Waals surface area (Å²) in [5.74, 6) is 1.60. The minimum atomic E-state index is -0.306. The first kappa shape index (κ1) is 17.7. The van der Waals surface area contributed by atoms with E-state index in [9.17, 15) is 4.79 Å². The molecule has 1 aliphatic carbocycles. The maximum Gasteiger partial charge on any atom is 0.336 e. The second-order valence-electron chi connectivity index (χ2n) is 7.15. The molecule has 1 aliphatic rings. The van der Waals surface area contributed by atoms with Gasteiger partial charge in [-0.25, -0.2) is 4.79 Å². The van der Waals surface area contributed by atoms with E-state index in [1.54, 1.807) is 29.2 Å². The predicted octanol–water partition coefficient (Wildman–Crippen LogP) is 5.36. The van der Waals surface area contributed by atoms with Crippen LogP contribution in [0.5, 0.6) is 0 Å². The van der Waals surface area contributed by atoms with Crippen molar-refractivity contribution in [1.29, 1.82) is 0 Å². The van der Waals surface area contributed by atoms with E-state index >= 15 is 0 Å². The van der Waals surface area contributed by atoms with Crippen LogP contribution < -0.4 is 5.63 Å². The number of aromatic nitrogens is 3. The van der Waals surface area contributed by atoms with E-state index < -0.39 is 0 Å². The molecule has 0 bridgehead atoms. The molecule has 3 heterocycles. The van der Waals surface area contributed by atoms with Gasteiger partial charge >= 0.3 is 5.63 Å². The summed E-state index contributed by atoms with van der Waals surface area (Å²) in [6.45, 7) is 4.02. The minimum absolute atomic E-state index is 0.306. The Bertz CT molecular complexity index is 1220. The third-order valence-electron chi connectivity index (χ3n) is 5.19. The first-order valence-corrected chi connectivity index (χ1v) is 11.1. The molecule has 1 fully saturated rings. The number of thioether (sulfide) groups is 1. The largest absolute Gasteiger partial charge is 0.422 e. The Morgan fingerprint density at radius 3 is 2.86 bits per heavy atom. The van der Waals surface area contributed by atoms with Gasteiger partial charge in [0.05, 0.1) is 4.88 Å². The molecule has 0 aliphatic heterocycles. The van der Waals surface area contributed by atoms with Crippen LogP contribution in [0.2, 0.25) is 0 Å². The van der Waals surface area contributed by atoms with Crippen molar-refractivity contribution in [2.75, 3.05) is 0 Å². The van der Waals surface area contributed by atoms with Gasteiger partial charge in [-0.15, -0.1) is 21.5 Å². The Labute approximate surface area is 170 Å². The zero-order valence-electron chi connectivity index (χ0n) is 15.6. The minimum Gasteiger partial charge on any atom is -0.422 e. The summed E-state index contributed by atoms with van der Waals surface area (Å²) in [6.07, 6.45) is 2.33. The maximum absolute atomic E-state index is 12.1. The smallest absolute Gasteiger partial charge is 0.336 e. The fourth-order valence-corrected chi connectivity index (χ4v) is 5.10. The fourth-order valence-electron chi connectivity index (χ4n) is 3.40. The lowest BCUT2D eigenvalue weighted by Gasteiger charge is -2.10. The third-order valence-corrected chi connectivity index (χ3v) is 7.05. The summed E-state index contributed by atoms with van der Waals surface area (Å²) in [5.41, 5.74) is 3.49. The van der Waals surface area contributed by atoms with Gasteiger partial charge < -0.3 is 4.42 Å². The molecule has 7 heteroatoms. The summed E-state index contributed by atoms with van der Waals surface area (Å²) in [7, 11) is 0. The van der Waals surface area contributed by atoms with E-state index in [0.717, 1.165) is 37.9 Å². The van der Waals surface area contributed by atoms with Crippen LogP contribution in [-0.4, -0.2) is 14.8 Å². The molecule has 5 nitrogen and oxygen atoms in total. The Morgan fingerprint density at radius 2 is 2.11 bits per heavy atom. The molecule has 0 N–H and O–H groups in total. The first-order chi connectivity index (χ1) is 13.6. The average Bonchev–Trinajstić information content (AvgIpc) is 3.20. The molecule has 1 aromatic carbocycles. The van der Waals surface area contributed by atoms with E-state index in [0.29, 0.717) is 17.4 Å². The normalized spacial score (nSPS) is 14.1. The number of rotatable bonds is 5. The fraction of sp³-hybridized carbons (Fsp3) is 0.286. The summed E-state index contributed by atoms with van der Waals surface area (Å²) in [5, 5.41) is 12.9. The van der Waals surface area contributed by atoms with Crippen LogP contribution in [0.25, 0.3) is 21.7 Å². The van der Waals surface area contributed by atoms with Gasteiger partial charge in [0.2, 0.25) is 0 Å². The molecule has 0 saturated heterocycles. The zero-order valence-corrected chi connectivity index (χ0v) is 17.3. The first-order valence-electron chi connectivity index (χ1n) is 9.26. The summed E-state index contributed by atoms with van der Waals surface area (Å²) < 4.78 is 7.76. The highest BCUT2D eigenvalue weighted by atomic mass is 32.2.